The van der Waals surface area contributed by atoms with Crippen LogP contribution in [0.3, 0.4) is 0 Å². The number of rotatable bonds is 6. The minimum atomic E-state index is -4.64. The van der Waals surface area contributed by atoms with Crippen molar-refractivity contribution in [3.63, 3.8) is 0 Å². The monoisotopic (exact) mass is 403 g/mol. The number of nitrogens with zero attached hydrogens (tertiary/aromatic N) is 2. The van der Waals surface area contributed by atoms with Gasteiger partial charge in [0.25, 0.3) is 16.8 Å². The lowest BCUT2D eigenvalue weighted by atomic mass is 10.2. The van der Waals surface area contributed by atoms with E-state index < -0.39 is 34.6 Å². The molecule has 0 atom stereocenters. The first-order chi connectivity index (χ1) is 12.6. The summed E-state index contributed by atoms with van der Waals surface area (Å²) in [5.41, 5.74) is 0.333. The van der Waals surface area contributed by atoms with Crippen molar-refractivity contribution >= 4 is 40.6 Å². The molecule has 8 nitrogen and oxygen atoms in total. The van der Waals surface area contributed by atoms with Crippen molar-refractivity contribution in [2.45, 2.75) is 12.6 Å². The van der Waals surface area contributed by atoms with E-state index in [0.717, 1.165) is 4.90 Å². The zero-order chi connectivity index (χ0) is 20.2. The second-order valence-electron chi connectivity index (χ2n) is 5.32. The van der Waals surface area contributed by atoms with E-state index in [4.69, 9.17) is 0 Å². The van der Waals surface area contributed by atoms with Crippen molar-refractivity contribution in [1.82, 2.24) is 10.2 Å². The number of imide groups is 1. The maximum absolute atomic E-state index is 12.2. The van der Waals surface area contributed by atoms with Gasteiger partial charge in [0.1, 0.15) is 6.42 Å². The molecule has 0 spiro atoms. The van der Waals surface area contributed by atoms with Crippen LogP contribution in [0.2, 0.25) is 0 Å². The minimum absolute atomic E-state index is 0.0653. The summed E-state index contributed by atoms with van der Waals surface area (Å²) in [6.45, 7) is -0.580. The van der Waals surface area contributed by atoms with Crippen molar-refractivity contribution in [3.05, 3.63) is 44.8 Å². The SMILES string of the molecule is O=C(CC(F)(F)F)NCCN1C(=O)S/C(=C\c2ccc([N+](=O)[O-])cc2)C1=O. The lowest BCUT2D eigenvalue weighted by Crippen LogP contribution is -2.38. The van der Waals surface area contributed by atoms with Gasteiger partial charge in [0.15, 0.2) is 0 Å². The summed E-state index contributed by atoms with van der Waals surface area (Å²) in [6, 6.07) is 5.30. The topological polar surface area (TPSA) is 110 Å². The first-order valence-electron chi connectivity index (χ1n) is 7.40. The molecule has 144 valence electrons. The molecule has 0 aliphatic carbocycles. The predicted octanol–water partition coefficient (Wildman–Crippen LogP) is 2.70. The Morgan fingerprint density at radius 1 is 1.26 bits per heavy atom. The van der Waals surface area contributed by atoms with Crippen molar-refractivity contribution in [2.24, 2.45) is 0 Å². The number of non-ortho nitro benzene ring substituents is 1. The van der Waals surface area contributed by atoms with Gasteiger partial charge in [-0.15, -0.1) is 0 Å². The fourth-order valence-corrected chi connectivity index (χ4v) is 2.95. The standard InChI is InChI=1S/C15H12F3N3O5S/c16-15(17,18)8-12(22)19-5-6-20-13(23)11(27-14(20)24)7-9-1-3-10(4-2-9)21(25)26/h1-4,7H,5-6,8H2,(H,19,22)/b11-7-. The number of amides is 3. The predicted molar refractivity (Wildman–Crippen MR) is 89.5 cm³/mol. The summed E-state index contributed by atoms with van der Waals surface area (Å²) >= 11 is 0.628. The summed E-state index contributed by atoms with van der Waals surface area (Å²) in [5, 5.41) is 12.0. The number of nitro groups is 1. The first-order valence-corrected chi connectivity index (χ1v) is 8.22. The Morgan fingerprint density at radius 3 is 2.44 bits per heavy atom. The molecule has 1 N–H and O–H groups in total. The summed E-state index contributed by atoms with van der Waals surface area (Å²) in [7, 11) is 0. The van der Waals surface area contributed by atoms with Gasteiger partial charge >= 0.3 is 6.18 Å². The Kier molecular flexibility index (Phi) is 6.20. The third-order valence-electron chi connectivity index (χ3n) is 3.29. The molecular weight excluding hydrogens is 391 g/mol. The van der Waals surface area contributed by atoms with Gasteiger partial charge in [-0.2, -0.15) is 13.2 Å². The minimum Gasteiger partial charge on any atom is -0.354 e. The lowest BCUT2D eigenvalue weighted by Gasteiger charge is -2.13. The number of halogens is 3. The number of thioether (sulfide) groups is 1. The highest BCUT2D eigenvalue weighted by Gasteiger charge is 2.35. The van der Waals surface area contributed by atoms with Gasteiger partial charge in [-0.3, -0.25) is 29.4 Å². The Labute approximate surface area is 154 Å². The summed E-state index contributed by atoms with van der Waals surface area (Å²) < 4.78 is 36.2. The van der Waals surface area contributed by atoms with Crippen LogP contribution in [0.4, 0.5) is 23.7 Å². The van der Waals surface area contributed by atoms with Crippen LogP contribution in [0.15, 0.2) is 29.2 Å². The smallest absolute Gasteiger partial charge is 0.354 e. The molecule has 1 heterocycles. The van der Waals surface area contributed by atoms with Gasteiger partial charge in [0.2, 0.25) is 5.91 Å². The van der Waals surface area contributed by atoms with Crippen LogP contribution >= 0.6 is 11.8 Å². The van der Waals surface area contributed by atoms with Crippen LogP contribution in [0.25, 0.3) is 6.08 Å². The zero-order valence-corrected chi connectivity index (χ0v) is 14.3. The molecule has 1 aromatic rings. The van der Waals surface area contributed by atoms with Gasteiger partial charge in [0, 0.05) is 25.2 Å². The first kappa shape index (κ1) is 20.4. The normalized spacial score (nSPS) is 16.1. The van der Waals surface area contributed by atoms with Crippen LogP contribution < -0.4 is 5.32 Å². The quantitative estimate of drug-likeness (QED) is 0.444. The van der Waals surface area contributed by atoms with E-state index in [1.807, 2.05) is 5.32 Å². The van der Waals surface area contributed by atoms with Crippen LogP contribution in [-0.2, 0) is 9.59 Å². The number of carbonyl (C=O) groups is 3. The molecule has 1 aromatic carbocycles. The van der Waals surface area contributed by atoms with Crippen LogP contribution in [-0.4, -0.2) is 46.1 Å². The van der Waals surface area contributed by atoms with E-state index >= 15 is 0 Å². The van der Waals surface area contributed by atoms with E-state index in [0.29, 0.717) is 17.3 Å². The molecule has 27 heavy (non-hydrogen) atoms. The largest absolute Gasteiger partial charge is 0.397 e. The molecule has 12 heteroatoms. The molecule has 0 bridgehead atoms. The molecule has 0 radical (unpaired) electrons. The van der Waals surface area contributed by atoms with Gasteiger partial charge in [-0.1, -0.05) is 0 Å². The van der Waals surface area contributed by atoms with Gasteiger partial charge in [0.05, 0.1) is 9.83 Å². The molecule has 2 rings (SSSR count). The second-order valence-corrected chi connectivity index (χ2v) is 6.32. The molecule has 0 aromatic heterocycles. The summed E-state index contributed by atoms with van der Waals surface area (Å²) in [5.74, 6) is -1.91. The lowest BCUT2D eigenvalue weighted by molar-refractivity contribution is -0.384. The number of benzene rings is 1. The number of hydrogen-bond donors (Lipinski definition) is 1. The maximum Gasteiger partial charge on any atom is 0.397 e. The molecule has 0 unspecified atom stereocenters. The number of alkyl halides is 3. The Hall–Kier alpha value is -2.89. The average Bonchev–Trinajstić information content (AvgIpc) is 2.81. The molecule has 1 fully saturated rings. The fraction of sp³-hybridized carbons (Fsp3) is 0.267. The van der Waals surface area contributed by atoms with Gasteiger partial charge in [-0.25, -0.2) is 0 Å². The Bertz CT molecular complexity index is 808. The fourth-order valence-electron chi connectivity index (χ4n) is 2.09. The number of carbonyl (C=O) groups excluding carboxylic acids is 3. The second kappa shape index (κ2) is 8.20. The number of nitro benzene ring substituents is 1. The summed E-state index contributed by atoms with van der Waals surface area (Å²) in [6.07, 6.45) is -4.91. The zero-order valence-electron chi connectivity index (χ0n) is 13.5. The molecule has 1 aliphatic rings. The van der Waals surface area contributed by atoms with Crippen LogP contribution in [0.5, 0.6) is 0 Å². The highest BCUT2D eigenvalue weighted by atomic mass is 32.2. The highest BCUT2D eigenvalue weighted by Crippen LogP contribution is 2.32. The molecule has 1 saturated heterocycles. The van der Waals surface area contributed by atoms with Crippen molar-refractivity contribution in [3.8, 4) is 0 Å². The third kappa shape index (κ3) is 5.81. The molecular formula is C15H12F3N3O5S. The van der Waals surface area contributed by atoms with Crippen molar-refractivity contribution < 1.29 is 32.5 Å². The average molecular weight is 403 g/mol. The van der Waals surface area contributed by atoms with E-state index in [2.05, 4.69) is 0 Å². The Balaban J connectivity index is 1.96. The van der Waals surface area contributed by atoms with E-state index in [-0.39, 0.29) is 23.7 Å². The van der Waals surface area contributed by atoms with Gasteiger partial charge < -0.3 is 5.32 Å². The van der Waals surface area contributed by atoms with Crippen molar-refractivity contribution in [1.29, 1.82) is 0 Å². The molecule has 1 aliphatic heterocycles. The Morgan fingerprint density at radius 2 is 1.89 bits per heavy atom. The van der Waals surface area contributed by atoms with E-state index in [1.54, 1.807) is 0 Å². The number of hydrogen-bond acceptors (Lipinski definition) is 6. The van der Waals surface area contributed by atoms with E-state index in [9.17, 15) is 37.7 Å². The summed E-state index contributed by atoms with van der Waals surface area (Å²) in [4.78, 5) is 46.1. The number of nitrogens with one attached hydrogen (secondary N) is 1. The molecule has 0 saturated carbocycles. The van der Waals surface area contributed by atoms with Crippen molar-refractivity contribution in [2.75, 3.05) is 13.1 Å². The van der Waals surface area contributed by atoms with Gasteiger partial charge in [-0.05, 0) is 35.5 Å². The van der Waals surface area contributed by atoms with Crippen LogP contribution in [0, 0.1) is 10.1 Å². The highest BCUT2D eigenvalue weighted by molar-refractivity contribution is 8.18. The van der Waals surface area contributed by atoms with E-state index in [1.165, 1.54) is 30.3 Å². The molecule has 3 amide bonds. The third-order valence-corrected chi connectivity index (χ3v) is 4.20. The van der Waals surface area contributed by atoms with Crippen LogP contribution in [0.1, 0.15) is 12.0 Å². The maximum atomic E-state index is 12.2.